The van der Waals surface area contributed by atoms with E-state index in [4.69, 9.17) is 0 Å². The van der Waals surface area contributed by atoms with Crippen molar-refractivity contribution in [3.63, 3.8) is 0 Å². The average Bonchev–Trinajstić information content (AvgIpc) is 2.28. The lowest BCUT2D eigenvalue weighted by Crippen LogP contribution is -2.05. The van der Waals surface area contributed by atoms with Crippen LogP contribution in [0.25, 0.3) is 0 Å². The molecule has 1 N–H and O–H groups in total. The molecule has 0 saturated heterocycles. The van der Waals surface area contributed by atoms with E-state index in [0.717, 1.165) is 12.1 Å². The van der Waals surface area contributed by atoms with Gasteiger partial charge in [-0.3, -0.25) is 0 Å². The third kappa shape index (κ3) is 4.12. The Morgan fingerprint density at radius 1 is 1.28 bits per heavy atom. The fourth-order valence-corrected chi connectivity index (χ4v) is 1.24. The fraction of sp³-hybridized carbons (Fsp3) is 0.250. The first-order chi connectivity index (χ1) is 8.32. The molecule has 1 rings (SSSR count). The van der Waals surface area contributed by atoms with Gasteiger partial charge in [-0.1, -0.05) is 0 Å². The van der Waals surface area contributed by atoms with Crippen LogP contribution in [-0.4, -0.2) is 13.1 Å². The molecule has 1 aromatic carbocycles. The third-order valence-corrected chi connectivity index (χ3v) is 2.09. The number of halogens is 3. The van der Waals surface area contributed by atoms with Gasteiger partial charge in [-0.25, -0.2) is 4.79 Å². The number of carbonyl (C=O) groups excluding carboxylic acids is 1. The highest BCUT2D eigenvalue weighted by Crippen LogP contribution is 2.29. The second-order valence-corrected chi connectivity index (χ2v) is 3.55. The van der Waals surface area contributed by atoms with Crippen molar-refractivity contribution in [2.24, 2.45) is 0 Å². The number of carbonyl (C=O) groups is 1. The summed E-state index contributed by atoms with van der Waals surface area (Å²) in [5, 5.41) is 2.78. The van der Waals surface area contributed by atoms with Gasteiger partial charge in [-0.15, -0.1) is 0 Å². The second kappa shape index (κ2) is 5.57. The molecule has 0 spiro atoms. The summed E-state index contributed by atoms with van der Waals surface area (Å²) in [7, 11) is 1.24. The number of anilines is 1. The number of benzene rings is 1. The predicted molar refractivity (Wildman–Crippen MR) is 60.8 cm³/mol. The zero-order chi connectivity index (χ0) is 13.8. The van der Waals surface area contributed by atoms with Crippen molar-refractivity contribution in [2.45, 2.75) is 13.1 Å². The fourth-order valence-electron chi connectivity index (χ4n) is 1.24. The first-order valence-corrected chi connectivity index (χ1v) is 5.03. The number of methoxy groups -OCH3 is 1. The second-order valence-electron chi connectivity index (χ2n) is 3.55. The van der Waals surface area contributed by atoms with Crippen LogP contribution in [0, 0.1) is 0 Å². The summed E-state index contributed by atoms with van der Waals surface area (Å²) in [6.45, 7) is 1.61. The van der Waals surface area contributed by atoms with Crippen LogP contribution in [0.4, 0.5) is 18.9 Å². The van der Waals surface area contributed by atoms with Gasteiger partial charge in [-0.05, 0) is 31.2 Å². The van der Waals surface area contributed by atoms with Gasteiger partial charge < -0.3 is 10.1 Å². The zero-order valence-electron chi connectivity index (χ0n) is 9.84. The Kier molecular flexibility index (Phi) is 4.36. The topological polar surface area (TPSA) is 38.3 Å². The Bertz CT molecular complexity index is 449. The third-order valence-electron chi connectivity index (χ3n) is 2.09. The van der Waals surface area contributed by atoms with E-state index in [1.807, 2.05) is 0 Å². The van der Waals surface area contributed by atoms with Gasteiger partial charge in [0.2, 0.25) is 0 Å². The lowest BCUT2D eigenvalue weighted by atomic mass is 10.2. The number of alkyl halides is 3. The van der Waals surface area contributed by atoms with Crippen LogP contribution in [0.3, 0.4) is 0 Å². The molecule has 0 amide bonds. The Hall–Kier alpha value is -1.98. The lowest BCUT2D eigenvalue weighted by Gasteiger charge is -2.09. The highest BCUT2D eigenvalue weighted by Gasteiger charge is 2.29. The maximum Gasteiger partial charge on any atom is 0.416 e. The quantitative estimate of drug-likeness (QED) is 0.669. The van der Waals surface area contributed by atoms with E-state index in [9.17, 15) is 18.0 Å². The molecule has 0 saturated carbocycles. The largest absolute Gasteiger partial charge is 0.466 e. The SMILES string of the molecule is COC(=O)/C=C(\C)Nc1ccc(C(F)(F)F)cc1. The van der Waals surface area contributed by atoms with E-state index in [-0.39, 0.29) is 0 Å². The van der Waals surface area contributed by atoms with Crippen LogP contribution >= 0.6 is 0 Å². The maximum absolute atomic E-state index is 12.3. The molecule has 6 heteroatoms. The number of hydrogen-bond acceptors (Lipinski definition) is 3. The average molecular weight is 259 g/mol. The van der Waals surface area contributed by atoms with Gasteiger partial charge in [-0.2, -0.15) is 13.2 Å². The normalized spacial score (nSPS) is 12.2. The number of esters is 1. The van der Waals surface area contributed by atoms with Gasteiger partial charge in [0, 0.05) is 17.5 Å². The molecule has 18 heavy (non-hydrogen) atoms. The monoisotopic (exact) mass is 259 g/mol. The number of rotatable bonds is 3. The molecule has 0 aliphatic carbocycles. The van der Waals surface area contributed by atoms with Crippen LogP contribution in [-0.2, 0) is 15.7 Å². The molecular weight excluding hydrogens is 247 g/mol. The minimum absolute atomic E-state index is 0.459. The van der Waals surface area contributed by atoms with Crippen molar-refractivity contribution in [1.82, 2.24) is 0 Å². The summed E-state index contributed by atoms with van der Waals surface area (Å²) < 4.78 is 41.3. The number of nitrogens with one attached hydrogen (secondary N) is 1. The molecule has 0 atom stereocenters. The Labute approximate surface area is 102 Å². The first kappa shape index (κ1) is 14.1. The summed E-state index contributed by atoms with van der Waals surface area (Å²) in [6, 6.07) is 4.51. The van der Waals surface area contributed by atoms with Crippen molar-refractivity contribution in [3.8, 4) is 0 Å². The Morgan fingerprint density at radius 3 is 2.28 bits per heavy atom. The van der Waals surface area contributed by atoms with E-state index in [1.54, 1.807) is 6.92 Å². The summed E-state index contributed by atoms with van der Waals surface area (Å²) in [5.41, 5.74) is 0.213. The molecule has 0 heterocycles. The minimum atomic E-state index is -4.35. The molecular formula is C12H12F3NO2. The van der Waals surface area contributed by atoms with Crippen molar-refractivity contribution in [2.75, 3.05) is 12.4 Å². The molecule has 0 aromatic heterocycles. The van der Waals surface area contributed by atoms with Crippen LogP contribution in [0.5, 0.6) is 0 Å². The van der Waals surface area contributed by atoms with E-state index >= 15 is 0 Å². The smallest absolute Gasteiger partial charge is 0.416 e. The van der Waals surface area contributed by atoms with E-state index in [0.29, 0.717) is 11.4 Å². The Balaban J connectivity index is 2.76. The zero-order valence-corrected chi connectivity index (χ0v) is 9.84. The van der Waals surface area contributed by atoms with Crippen molar-refractivity contribution in [3.05, 3.63) is 41.6 Å². The van der Waals surface area contributed by atoms with Crippen molar-refractivity contribution in [1.29, 1.82) is 0 Å². The van der Waals surface area contributed by atoms with Crippen LogP contribution in [0.15, 0.2) is 36.0 Å². The van der Waals surface area contributed by atoms with Crippen molar-refractivity contribution < 1.29 is 22.7 Å². The molecule has 98 valence electrons. The maximum atomic E-state index is 12.3. The van der Waals surface area contributed by atoms with Crippen molar-refractivity contribution >= 4 is 11.7 Å². The van der Waals surface area contributed by atoms with Gasteiger partial charge in [0.15, 0.2) is 0 Å². The van der Waals surface area contributed by atoms with E-state index < -0.39 is 17.7 Å². The molecule has 0 unspecified atom stereocenters. The van der Waals surface area contributed by atoms with Crippen LogP contribution in [0.1, 0.15) is 12.5 Å². The summed E-state index contributed by atoms with van der Waals surface area (Å²) in [4.78, 5) is 10.9. The number of allylic oxidation sites excluding steroid dienone is 1. The van der Waals surface area contributed by atoms with Gasteiger partial charge >= 0.3 is 12.1 Å². The summed E-state index contributed by atoms with van der Waals surface area (Å²) in [5.74, 6) is -0.535. The van der Waals surface area contributed by atoms with E-state index in [1.165, 1.54) is 25.3 Å². The standard InChI is InChI=1S/C12H12F3NO2/c1-8(7-11(17)18-2)16-10-5-3-9(4-6-10)12(13,14)15/h3-7,16H,1-2H3/b8-7+. The molecule has 0 bridgehead atoms. The number of ether oxygens (including phenoxy) is 1. The predicted octanol–water partition coefficient (Wildman–Crippen LogP) is 3.19. The highest BCUT2D eigenvalue weighted by molar-refractivity contribution is 5.83. The minimum Gasteiger partial charge on any atom is -0.466 e. The van der Waals surface area contributed by atoms with Gasteiger partial charge in [0.25, 0.3) is 0 Å². The Morgan fingerprint density at radius 2 is 1.83 bits per heavy atom. The summed E-state index contributed by atoms with van der Waals surface area (Å²) >= 11 is 0. The highest BCUT2D eigenvalue weighted by atomic mass is 19.4. The molecule has 0 fully saturated rings. The lowest BCUT2D eigenvalue weighted by molar-refractivity contribution is -0.137. The van der Waals surface area contributed by atoms with Gasteiger partial charge in [0.05, 0.1) is 12.7 Å². The molecule has 3 nitrogen and oxygen atoms in total. The summed E-state index contributed by atoms with van der Waals surface area (Å²) in [6.07, 6.45) is -3.15. The number of hydrogen-bond donors (Lipinski definition) is 1. The first-order valence-electron chi connectivity index (χ1n) is 5.03. The molecule has 1 aromatic rings. The molecule has 0 aliphatic rings. The van der Waals surface area contributed by atoms with Crippen LogP contribution in [0.2, 0.25) is 0 Å². The molecule has 0 radical (unpaired) electrons. The van der Waals surface area contributed by atoms with Gasteiger partial charge in [0.1, 0.15) is 0 Å². The van der Waals surface area contributed by atoms with Crippen LogP contribution < -0.4 is 5.32 Å². The molecule has 0 aliphatic heterocycles. The van der Waals surface area contributed by atoms with E-state index in [2.05, 4.69) is 10.1 Å².